The summed E-state index contributed by atoms with van der Waals surface area (Å²) in [6.45, 7) is 4.29. The largest absolute Gasteiger partial charge is 0.321 e. The van der Waals surface area contributed by atoms with Crippen molar-refractivity contribution in [2.75, 3.05) is 0 Å². The Balaban J connectivity index is 2.63. The van der Waals surface area contributed by atoms with Crippen LogP contribution in [-0.4, -0.2) is 15.2 Å². The van der Waals surface area contributed by atoms with E-state index in [1.807, 2.05) is 0 Å². The molecule has 0 radical (unpaired) electrons. The number of aromatic amines is 1. The predicted octanol–water partition coefficient (Wildman–Crippen LogP) is 1.24. The molecule has 0 aliphatic heterocycles. The Kier molecular flexibility index (Phi) is 3.22. The maximum Gasteiger partial charge on any atom is 0.141 e. The van der Waals surface area contributed by atoms with Crippen molar-refractivity contribution in [1.82, 2.24) is 15.2 Å². The minimum Gasteiger partial charge on any atom is -0.321 e. The van der Waals surface area contributed by atoms with Crippen molar-refractivity contribution in [2.24, 2.45) is 11.7 Å². The molecule has 0 bridgehead atoms. The summed E-state index contributed by atoms with van der Waals surface area (Å²) in [7, 11) is 0. The lowest BCUT2D eigenvalue weighted by atomic mass is 9.94. The number of aromatic nitrogens is 3. The monoisotopic (exact) mass is 168 g/mol. The average Bonchev–Trinajstić information content (AvgIpc) is 2.58. The summed E-state index contributed by atoms with van der Waals surface area (Å²) < 4.78 is 0. The number of hydrogen-bond acceptors (Lipinski definition) is 3. The lowest BCUT2D eigenvalue weighted by Crippen LogP contribution is -2.21. The molecular formula is C8H16N4. The molecule has 0 saturated heterocycles. The van der Waals surface area contributed by atoms with Crippen LogP contribution in [0.15, 0.2) is 6.33 Å². The first-order valence-corrected chi connectivity index (χ1v) is 4.40. The third-order valence-electron chi connectivity index (χ3n) is 2.31. The van der Waals surface area contributed by atoms with E-state index in [0.717, 1.165) is 18.7 Å². The first-order valence-electron chi connectivity index (χ1n) is 4.40. The molecule has 1 aromatic rings. The second-order valence-electron chi connectivity index (χ2n) is 2.97. The molecule has 0 fully saturated rings. The van der Waals surface area contributed by atoms with Crippen LogP contribution in [0.25, 0.3) is 0 Å². The fourth-order valence-electron chi connectivity index (χ4n) is 1.40. The predicted molar refractivity (Wildman–Crippen MR) is 47.4 cm³/mol. The molecule has 1 aromatic heterocycles. The van der Waals surface area contributed by atoms with Crippen LogP contribution in [0.5, 0.6) is 0 Å². The van der Waals surface area contributed by atoms with E-state index in [0.29, 0.717) is 5.92 Å². The van der Waals surface area contributed by atoms with E-state index >= 15 is 0 Å². The topological polar surface area (TPSA) is 67.6 Å². The summed E-state index contributed by atoms with van der Waals surface area (Å²) in [4.78, 5) is 4.04. The van der Waals surface area contributed by atoms with Crippen molar-refractivity contribution < 1.29 is 0 Å². The number of nitrogens with two attached hydrogens (primary N) is 1. The highest BCUT2D eigenvalue weighted by Crippen LogP contribution is 2.21. The van der Waals surface area contributed by atoms with Gasteiger partial charge in [-0.2, -0.15) is 5.10 Å². The SMILES string of the molecule is CCC(CC)C(N)c1ncn[nH]1. The molecule has 0 aliphatic carbocycles. The van der Waals surface area contributed by atoms with Crippen molar-refractivity contribution in [1.29, 1.82) is 0 Å². The third-order valence-corrected chi connectivity index (χ3v) is 2.31. The van der Waals surface area contributed by atoms with Crippen LogP contribution in [0.4, 0.5) is 0 Å². The minimum atomic E-state index is 0.00231. The van der Waals surface area contributed by atoms with E-state index < -0.39 is 0 Å². The Morgan fingerprint density at radius 1 is 1.50 bits per heavy atom. The molecule has 0 amide bonds. The number of hydrogen-bond donors (Lipinski definition) is 2. The van der Waals surface area contributed by atoms with Gasteiger partial charge in [0.25, 0.3) is 0 Å². The van der Waals surface area contributed by atoms with Gasteiger partial charge in [0.2, 0.25) is 0 Å². The van der Waals surface area contributed by atoms with Crippen LogP contribution in [0.3, 0.4) is 0 Å². The van der Waals surface area contributed by atoms with E-state index in [2.05, 4.69) is 29.0 Å². The van der Waals surface area contributed by atoms with Crippen LogP contribution in [-0.2, 0) is 0 Å². The number of nitrogens with one attached hydrogen (secondary N) is 1. The molecule has 1 heterocycles. The van der Waals surface area contributed by atoms with Crippen molar-refractivity contribution in [2.45, 2.75) is 32.7 Å². The molecule has 0 aromatic carbocycles. The van der Waals surface area contributed by atoms with Crippen LogP contribution in [0.1, 0.15) is 38.6 Å². The molecular weight excluding hydrogens is 152 g/mol. The number of rotatable bonds is 4. The minimum absolute atomic E-state index is 0.00231. The Morgan fingerprint density at radius 2 is 2.17 bits per heavy atom. The van der Waals surface area contributed by atoms with Crippen LogP contribution in [0, 0.1) is 5.92 Å². The summed E-state index contributed by atoms with van der Waals surface area (Å²) in [5.41, 5.74) is 5.97. The van der Waals surface area contributed by atoms with Crippen LogP contribution >= 0.6 is 0 Å². The van der Waals surface area contributed by atoms with Gasteiger partial charge in [-0.3, -0.25) is 5.10 Å². The molecule has 0 aliphatic rings. The van der Waals surface area contributed by atoms with Crippen molar-refractivity contribution >= 4 is 0 Å². The molecule has 1 atom stereocenters. The summed E-state index contributed by atoms with van der Waals surface area (Å²) >= 11 is 0. The maximum absolute atomic E-state index is 5.97. The smallest absolute Gasteiger partial charge is 0.141 e. The molecule has 4 nitrogen and oxygen atoms in total. The zero-order chi connectivity index (χ0) is 8.97. The zero-order valence-electron chi connectivity index (χ0n) is 7.62. The standard InChI is InChI=1S/C8H16N4/c1-3-6(4-2)7(9)8-10-5-11-12-8/h5-7H,3-4,9H2,1-2H3,(H,10,11,12). The van der Waals surface area contributed by atoms with E-state index in [9.17, 15) is 0 Å². The summed E-state index contributed by atoms with van der Waals surface area (Å²) in [6, 6.07) is 0.00231. The van der Waals surface area contributed by atoms with Crippen LogP contribution in [0.2, 0.25) is 0 Å². The highest BCUT2D eigenvalue weighted by atomic mass is 15.2. The van der Waals surface area contributed by atoms with Gasteiger partial charge in [-0.1, -0.05) is 26.7 Å². The van der Waals surface area contributed by atoms with Gasteiger partial charge in [0, 0.05) is 0 Å². The van der Waals surface area contributed by atoms with Gasteiger partial charge in [0.15, 0.2) is 0 Å². The van der Waals surface area contributed by atoms with E-state index in [-0.39, 0.29) is 6.04 Å². The van der Waals surface area contributed by atoms with Gasteiger partial charge in [-0.25, -0.2) is 4.98 Å². The highest BCUT2D eigenvalue weighted by Gasteiger charge is 2.17. The lowest BCUT2D eigenvalue weighted by molar-refractivity contribution is 0.392. The Bertz CT molecular complexity index is 203. The molecule has 1 unspecified atom stereocenters. The fourth-order valence-corrected chi connectivity index (χ4v) is 1.40. The first kappa shape index (κ1) is 9.19. The first-order chi connectivity index (χ1) is 5.79. The Hall–Kier alpha value is -0.900. The van der Waals surface area contributed by atoms with Gasteiger partial charge >= 0.3 is 0 Å². The zero-order valence-corrected chi connectivity index (χ0v) is 7.62. The van der Waals surface area contributed by atoms with Crippen molar-refractivity contribution in [3.05, 3.63) is 12.2 Å². The van der Waals surface area contributed by atoms with Crippen molar-refractivity contribution in [3.63, 3.8) is 0 Å². The summed E-state index contributed by atoms with van der Waals surface area (Å²) in [5, 5.41) is 6.58. The summed E-state index contributed by atoms with van der Waals surface area (Å²) in [5.74, 6) is 1.29. The number of H-pyrrole nitrogens is 1. The maximum atomic E-state index is 5.97. The van der Waals surface area contributed by atoms with E-state index in [1.165, 1.54) is 6.33 Å². The second-order valence-corrected chi connectivity index (χ2v) is 2.97. The molecule has 3 N–H and O–H groups in total. The van der Waals surface area contributed by atoms with E-state index in [4.69, 9.17) is 5.73 Å². The number of nitrogens with zero attached hydrogens (tertiary/aromatic N) is 2. The molecule has 12 heavy (non-hydrogen) atoms. The quantitative estimate of drug-likeness (QED) is 0.710. The second kappa shape index (κ2) is 4.21. The molecule has 1 rings (SSSR count). The van der Waals surface area contributed by atoms with Gasteiger partial charge < -0.3 is 5.73 Å². The Morgan fingerprint density at radius 3 is 2.58 bits per heavy atom. The lowest BCUT2D eigenvalue weighted by Gasteiger charge is -2.18. The highest BCUT2D eigenvalue weighted by molar-refractivity contribution is 4.92. The fraction of sp³-hybridized carbons (Fsp3) is 0.750. The molecule has 4 heteroatoms. The Labute approximate surface area is 72.6 Å². The van der Waals surface area contributed by atoms with Gasteiger partial charge in [-0.05, 0) is 5.92 Å². The summed E-state index contributed by atoms with van der Waals surface area (Å²) in [6.07, 6.45) is 3.66. The molecule has 0 spiro atoms. The van der Waals surface area contributed by atoms with Crippen molar-refractivity contribution in [3.8, 4) is 0 Å². The van der Waals surface area contributed by atoms with Gasteiger partial charge in [-0.15, -0.1) is 0 Å². The van der Waals surface area contributed by atoms with Gasteiger partial charge in [0.05, 0.1) is 6.04 Å². The third kappa shape index (κ3) is 1.82. The van der Waals surface area contributed by atoms with Gasteiger partial charge in [0.1, 0.15) is 12.2 Å². The van der Waals surface area contributed by atoms with Crippen LogP contribution < -0.4 is 5.73 Å². The molecule has 0 saturated carbocycles. The van der Waals surface area contributed by atoms with E-state index in [1.54, 1.807) is 0 Å². The average molecular weight is 168 g/mol. The normalized spacial score (nSPS) is 13.7. The molecule has 68 valence electrons.